The van der Waals surface area contributed by atoms with E-state index in [-0.39, 0.29) is 5.91 Å². The third-order valence-corrected chi connectivity index (χ3v) is 3.72. The number of benzene rings is 2. The normalized spacial score (nSPS) is 10.2. The lowest BCUT2D eigenvalue weighted by Crippen LogP contribution is -2.22. The molecule has 5 heteroatoms. The van der Waals surface area contributed by atoms with E-state index in [2.05, 4.69) is 5.32 Å². The minimum atomic E-state index is -0.126. The molecule has 0 saturated carbocycles. The van der Waals surface area contributed by atoms with Crippen molar-refractivity contribution in [2.75, 3.05) is 20.3 Å². The van der Waals surface area contributed by atoms with Gasteiger partial charge in [0.2, 0.25) is 0 Å². The van der Waals surface area contributed by atoms with Crippen LogP contribution in [0.3, 0.4) is 0 Å². The van der Waals surface area contributed by atoms with Gasteiger partial charge >= 0.3 is 0 Å². The summed E-state index contributed by atoms with van der Waals surface area (Å²) in [7, 11) is 1.60. The second-order valence-corrected chi connectivity index (χ2v) is 5.51. The molecule has 0 saturated heterocycles. The Morgan fingerprint density at radius 3 is 2.28 bits per heavy atom. The van der Waals surface area contributed by atoms with Crippen LogP contribution in [0.4, 0.5) is 0 Å². The lowest BCUT2D eigenvalue weighted by molar-refractivity contribution is 0.0950. The van der Waals surface area contributed by atoms with E-state index in [9.17, 15) is 4.79 Å². The topological polar surface area (TPSA) is 56.8 Å². The molecule has 0 spiro atoms. The highest BCUT2D eigenvalue weighted by atomic mass is 16.5. The summed E-state index contributed by atoms with van der Waals surface area (Å²) in [6.45, 7) is 7.37. The van der Waals surface area contributed by atoms with E-state index >= 15 is 0 Å². The number of aryl methyl sites for hydroxylation is 1. The van der Waals surface area contributed by atoms with E-state index in [4.69, 9.17) is 14.2 Å². The van der Waals surface area contributed by atoms with Crippen LogP contribution in [0.2, 0.25) is 0 Å². The molecule has 0 bridgehead atoms. The molecule has 0 unspecified atom stereocenters. The van der Waals surface area contributed by atoms with Crippen LogP contribution in [-0.4, -0.2) is 26.2 Å². The molecule has 0 aromatic heterocycles. The van der Waals surface area contributed by atoms with Gasteiger partial charge in [-0.2, -0.15) is 0 Å². The van der Waals surface area contributed by atoms with Crippen molar-refractivity contribution in [1.29, 1.82) is 0 Å². The molecule has 0 heterocycles. The zero-order valence-electron chi connectivity index (χ0n) is 15.2. The standard InChI is InChI=1S/C20H25NO4/c1-5-24-17-10-8-16(11-14(17)3)20(22)21-13-15-7-9-18(25-6-2)19(12-15)23-4/h7-12H,5-6,13H2,1-4H3,(H,21,22). The lowest BCUT2D eigenvalue weighted by atomic mass is 10.1. The van der Waals surface area contributed by atoms with Gasteiger partial charge in [0.05, 0.1) is 20.3 Å². The van der Waals surface area contributed by atoms with E-state index < -0.39 is 0 Å². The Balaban J connectivity index is 2.03. The molecule has 0 radical (unpaired) electrons. The van der Waals surface area contributed by atoms with Crippen molar-refractivity contribution in [3.63, 3.8) is 0 Å². The van der Waals surface area contributed by atoms with Crippen LogP contribution in [0, 0.1) is 6.92 Å². The maximum absolute atomic E-state index is 12.4. The predicted octanol–water partition coefficient (Wildman–Crippen LogP) is 3.73. The summed E-state index contributed by atoms with van der Waals surface area (Å²) in [5, 5.41) is 2.92. The van der Waals surface area contributed by atoms with Gasteiger partial charge in [-0.15, -0.1) is 0 Å². The molecule has 2 aromatic rings. The summed E-state index contributed by atoms with van der Waals surface area (Å²) < 4.78 is 16.3. The maximum Gasteiger partial charge on any atom is 0.251 e. The first-order chi connectivity index (χ1) is 12.1. The highest BCUT2D eigenvalue weighted by molar-refractivity contribution is 5.94. The summed E-state index contributed by atoms with van der Waals surface area (Å²) in [5.41, 5.74) is 2.49. The summed E-state index contributed by atoms with van der Waals surface area (Å²) >= 11 is 0. The van der Waals surface area contributed by atoms with Gasteiger partial charge in [-0.1, -0.05) is 6.07 Å². The van der Waals surface area contributed by atoms with Crippen LogP contribution in [0.5, 0.6) is 17.2 Å². The molecule has 134 valence electrons. The van der Waals surface area contributed by atoms with Crippen LogP contribution in [0.1, 0.15) is 35.3 Å². The van der Waals surface area contributed by atoms with Crippen LogP contribution in [-0.2, 0) is 6.54 Å². The van der Waals surface area contributed by atoms with Crippen molar-refractivity contribution >= 4 is 5.91 Å². The van der Waals surface area contributed by atoms with E-state index in [1.54, 1.807) is 13.2 Å². The summed E-state index contributed by atoms with van der Waals surface area (Å²) in [4.78, 5) is 12.4. The Kier molecular flexibility index (Phi) is 6.69. The molecule has 0 aliphatic heterocycles. The highest BCUT2D eigenvalue weighted by Gasteiger charge is 2.10. The third-order valence-electron chi connectivity index (χ3n) is 3.72. The van der Waals surface area contributed by atoms with Gasteiger partial charge in [0, 0.05) is 12.1 Å². The van der Waals surface area contributed by atoms with Gasteiger partial charge in [-0.05, 0) is 62.2 Å². The van der Waals surface area contributed by atoms with Crippen molar-refractivity contribution in [2.24, 2.45) is 0 Å². The van der Waals surface area contributed by atoms with Gasteiger partial charge in [-0.3, -0.25) is 4.79 Å². The fourth-order valence-electron chi connectivity index (χ4n) is 2.49. The molecule has 1 amide bonds. The molecule has 25 heavy (non-hydrogen) atoms. The number of amides is 1. The number of hydrogen-bond donors (Lipinski definition) is 1. The molecule has 0 fully saturated rings. The Hall–Kier alpha value is -2.69. The number of methoxy groups -OCH3 is 1. The number of rotatable bonds is 8. The molecule has 1 N–H and O–H groups in total. The molecule has 0 aliphatic carbocycles. The zero-order chi connectivity index (χ0) is 18.2. The van der Waals surface area contributed by atoms with Crippen molar-refractivity contribution in [2.45, 2.75) is 27.3 Å². The molecule has 2 rings (SSSR count). The average molecular weight is 343 g/mol. The Morgan fingerprint density at radius 2 is 1.64 bits per heavy atom. The second-order valence-electron chi connectivity index (χ2n) is 5.51. The highest BCUT2D eigenvalue weighted by Crippen LogP contribution is 2.28. The first-order valence-corrected chi connectivity index (χ1v) is 8.40. The quantitative estimate of drug-likeness (QED) is 0.793. The van der Waals surface area contributed by atoms with Gasteiger partial charge in [0.25, 0.3) is 5.91 Å². The number of carbonyl (C=O) groups excluding carboxylic acids is 1. The van der Waals surface area contributed by atoms with Crippen LogP contribution < -0.4 is 19.5 Å². The van der Waals surface area contributed by atoms with E-state index in [1.807, 2.05) is 51.1 Å². The fraction of sp³-hybridized carbons (Fsp3) is 0.350. The second kappa shape index (κ2) is 8.97. The predicted molar refractivity (Wildman–Crippen MR) is 97.7 cm³/mol. The Bertz CT molecular complexity index is 728. The molecule has 0 atom stereocenters. The van der Waals surface area contributed by atoms with E-state index in [1.165, 1.54) is 0 Å². The van der Waals surface area contributed by atoms with Gasteiger partial charge in [0.15, 0.2) is 11.5 Å². The monoisotopic (exact) mass is 343 g/mol. The van der Waals surface area contributed by atoms with Crippen molar-refractivity contribution < 1.29 is 19.0 Å². The molecule has 2 aromatic carbocycles. The minimum absolute atomic E-state index is 0.126. The maximum atomic E-state index is 12.4. The smallest absolute Gasteiger partial charge is 0.251 e. The van der Waals surface area contributed by atoms with Crippen molar-refractivity contribution in [3.8, 4) is 17.2 Å². The lowest BCUT2D eigenvalue weighted by Gasteiger charge is -2.12. The first-order valence-electron chi connectivity index (χ1n) is 8.40. The number of hydrogen-bond acceptors (Lipinski definition) is 4. The van der Waals surface area contributed by atoms with E-state index in [0.29, 0.717) is 36.8 Å². The molecular formula is C20H25NO4. The van der Waals surface area contributed by atoms with E-state index in [0.717, 1.165) is 16.9 Å². The first kappa shape index (κ1) is 18.6. The van der Waals surface area contributed by atoms with Crippen molar-refractivity contribution in [3.05, 3.63) is 53.1 Å². The zero-order valence-corrected chi connectivity index (χ0v) is 15.2. The van der Waals surface area contributed by atoms with Gasteiger partial charge in [0.1, 0.15) is 5.75 Å². The van der Waals surface area contributed by atoms with Crippen molar-refractivity contribution in [1.82, 2.24) is 5.32 Å². The molecule has 5 nitrogen and oxygen atoms in total. The van der Waals surface area contributed by atoms with Crippen LogP contribution in [0.15, 0.2) is 36.4 Å². The Labute approximate surface area is 148 Å². The number of nitrogens with one attached hydrogen (secondary N) is 1. The fourth-order valence-corrected chi connectivity index (χ4v) is 2.49. The van der Waals surface area contributed by atoms with Gasteiger partial charge < -0.3 is 19.5 Å². The van der Waals surface area contributed by atoms with Gasteiger partial charge in [-0.25, -0.2) is 0 Å². The SMILES string of the molecule is CCOc1ccc(C(=O)NCc2ccc(OCC)c(OC)c2)cc1C. The summed E-state index contributed by atoms with van der Waals surface area (Å²) in [6.07, 6.45) is 0. The largest absolute Gasteiger partial charge is 0.494 e. The minimum Gasteiger partial charge on any atom is -0.494 e. The third kappa shape index (κ3) is 4.89. The number of carbonyl (C=O) groups is 1. The van der Waals surface area contributed by atoms with Crippen LogP contribution >= 0.6 is 0 Å². The Morgan fingerprint density at radius 1 is 0.960 bits per heavy atom. The average Bonchev–Trinajstić information content (AvgIpc) is 2.62. The summed E-state index contributed by atoms with van der Waals surface area (Å²) in [6, 6.07) is 11.1. The molecular weight excluding hydrogens is 318 g/mol. The van der Waals surface area contributed by atoms with Crippen LogP contribution in [0.25, 0.3) is 0 Å². The number of ether oxygens (including phenoxy) is 3. The summed E-state index contributed by atoms with van der Waals surface area (Å²) in [5.74, 6) is 2.03. The molecule has 0 aliphatic rings.